The number of nitrogens with one attached hydrogen (secondary N) is 1. The largest absolute Gasteiger partial charge is 0.481 e. The lowest BCUT2D eigenvalue weighted by Gasteiger charge is -2.34. The van der Waals surface area contributed by atoms with Crippen LogP contribution >= 0.6 is 0 Å². The minimum absolute atomic E-state index is 0.0129. The predicted octanol–water partition coefficient (Wildman–Crippen LogP) is 3.75. The molecule has 0 bridgehead atoms. The second-order valence-corrected chi connectivity index (χ2v) is 11.9. The molecule has 0 spiro atoms. The minimum atomic E-state index is -4.11. The van der Waals surface area contributed by atoms with Crippen LogP contribution in [0.5, 0.6) is 5.88 Å². The van der Waals surface area contributed by atoms with E-state index in [2.05, 4.69) is 20.3 Å². The number of piperidine rings is 1. The molecule has 10 nitrogen and oxygen atoms in total. The van der Waals surface area contributed by atoms with Crippen molar-refractivity contribution in [1.82, 2.24) is 24.0 Å². The van der Waals surface area contributed by atoms with Crippen molar-refractivity contribution in [3.63, 3.8) is 0 Å². The summed E-state index contributed by atoms with van der Waals surface area (Å²) in [5, 5.41) is 8.63. The van der Waals surface area contributed by atoms with Crippen LogP contribution in [0.3, 0.4) is 0 Å². The van der Waals surface area contributed by atoms with Crippen LogP contribution in [0, 0.1) is 5.82 Å². The first-order valence-electron chi connectivity index (χ1n) is 12.8. The number of nitrogens with zero attached hydrogens (tertiary/aromatic N) is 5. The van der Waals surface area contributed by atoms with Crippen molar-refractivity contribution in [2.45, 2.75) is 23.8 Å². The fourth-order valence-electron chi connectivity index (χ4n) is 5.01. The van der Waals surface area contributed by atoms with E-state index in [1.54, 1.807) is 37.3 Å². The summed E-state index contributed by atoms with van der Waals surface area (Å²) in [6, 6.07) is 11.1. The van der Waals surface area contributed by atoms with Crippen molar-refractivity contribution in [3.05, 3.63) is 66.2 Å². The zero-order valence-corrected chi connectivity index (χ0v) is 23.6. The number of aromatic nitrogens is 3. The predicted molar refractivity (Wildman–Crippen MR) is 150 cm³/mol. The summed E-state index contributed by atoms with van der Waals surface area (Å²) >= 11 is 0. The normalized spacial score (nSPS) is 15.1. The quantitative estimate of drug-likeness (QED) is 0.363. The summed E-state index contributed by atoms with van der Waals surface area (Å²) in [6.45, 7) is 0.573. The molecule has 0 radical (unpaired) electrons. The van der Waals surface area contributed by atoms with E-state index < -0.39 is 26.6 Å². The highest BCUT2D eigenvalue weighted by Crippen LogP contribution is 2.32. The minimum Gasteiger partial charge on any atom is -0.481 e. The van der Waals surface area contributed by atoms with Crippen molar-refractivity contribution >= 4 is 32.5 Å². The van der Waals surface area contributed by atoms with Crippen molar-refractivity contribution in [1.29, 1.82) is 0 Å². The molecule has 2 aromatic carbocycles. The molecule has 0 atom stereocenters. The Balaban J connectivity index is 1.38. The van der Waals surface area contributed by atoms with E-state index in [0.717, 1.165) is 34.0 Å². The maximum absolute atomic E-state index is 14.8. The lowest BCUT2D eigenvalue weighted by atomic mass is 10.0. The molecule has 1 aliphatic rings. The summed E-state index contributed by atoms with van der Waals surface area (Å²) in [4.78, 5) is 19.0. The Kier molecular flexibility index (Phi) is 7.58. The molecule has 3 heterocycles. The highest BCUT2D eigenvalue weighted by Gasteiger charge is 2.32. The average Bonchev–Trinajstić information content (AvgIpc) is 3.32. The fourth-order valence-corrected chi connectivity index (χ4v) is 6.57. The molecule has 40 heavy (non-hydrogen) atoms. The van der Waals surface area contributed by atoms with Crippen LogP contribution in [0.25, 0.3) is 21.9 Å². The van der Waals surface area contributed by atoms with Crippen LogP contribution in [0.2, 0.25) is 0 Å². The number of sulfonamides is 1. The summed E-state index contributed by atoms with van der Waals surface area (Å²) < 4.78 is 49.7. The van der Waals surface area contributed by atoms with Crippen LogP contribution in [0.1, 0.15) is 23.2 Å². The first-order valence-corrected chi connectivity index (χ1v) is 14.3. The number of halogens is 1. The number of benzene rings is 2. The molecular weight excluding hydrogens is 535 g/mol. The summed E-state index contributed by atoms with van der Waals surface area (Å²) in [5.41, 5.74) is 1.71. The highest BCUT2D eigenvalue weighted by molar-refractivity contribution is 7.89. The molecule has 1 aliphatic heterocycles. The summed E-state index contributed by atoms with van der Waals surface area (Å²) in [5.74, 6) is -0.605. The number of methoxy groups -OCH3 is 1. The Labute approximate surface area is 232 Å². The third-order valence-electron chi connectivity index (χ3n) is 7.32. The van der Waals surface area contributed by atoms with Gasteiger partial charge in [-0.05, 0) is 68.2 Å². The van der Waals surface area contributed by atoms with Gasteiger partial charge in [0.15, 0.2) is 0 Å². The van der Waals surface area contributed by atoms with Crippen molar-refractivity contribution in [2.24, 2.45) is 7.05 Å². The van der Waals surface area contributed by atoms with E-state index in [9.17, 15) is 17.6 Å². The van der Waals surface area contributed by atoms with Gasteiger partial charge in [-0.25, -0.2) is 22.5 Å². The van der Waals surface area contributed by atoms with Crippen LogP contribution in [0.15, 0.2) is 59.8 Å². The first-order chi connectivity index (χ1) is 19.1. The second-order valence-electron chi connectivity index (χ2n) is 10.0. The Hall–Kier alpha value is -3.87. The molecule has 0 aliphatic carbocycles. The van der Waals surface area contributed by atoms with E-state index in [1.165, 1.54) is 10.4 Å². The number of amides is 1. The van der Waals surface area contributed by atoms with Crippen molar-refractivity contribution in [2.75, 3.05) is 39.6 Å². The number of aryl methyl sites for hydroxylation is 1. The smallest absolute Gasteiger partial charge is 0.256 e. The first kappa shape index (κ1) is 27.7. The number of anilines is 1. The van der Waals surface area contributed by atoms with Gasteiger partial charge in [-0.3, -0.25) is 4.79 Å². The SMILES string of the molecule is COc1c(-c2ccc3cnc(NC(=O)c4ccc(F)c(S(=O)(=O)N5CCC(N(C)C)CC5)c4)cc3c2)cnn1C. The van der Waals surface area contributed by atoms with Gasteiger partial charge in [0.1, 0.15) is 16.5 Å². The van der Waals surface area contributed by atoms with Crippen molar-refractivity contribution in [3.8, 4) is 17.0 Å². The van der Waals surface area contributed by atoms with Crippen LogP contribution in [0.4, 0.5) is 10.2 Å². The highest BCUT2D eigenvalue weighted by atomic mass is 32.2. The summed E-state index contributed by atoms with van der Waals surface area (Å²) in [6.07, 6.45) is 4.65. The Morgan fingerprint density at radius 1 is 1.07 bits per heavy atom. The molecule has 1 N–H and O–H groups in total. The van der Waals surface area contributed by atoms with E-state index in [4.69, 9.17) is 4.74 Å². The topological polar surface area (TPSA) is 110 Å². The maximum Gasteiger partial charge on any atom is 0.256 e. The van der Waals surface area contributed by atoms with Gasteiger partial charge in [0.2, 0.25) is 15.9 Å². The molecule has 210 valence electrons. The molecule has 0 unspecified atom stereocenters. The molecule has 1 saturated heterocycles. The van der Waals surface area contributed by atoms with Crippen LogP contribution in [-0.2, 0) is 17.1 Å². The molecular formula is C28H31FN6O4S. The lowest BCUT2D eigenvalue weighted by molar-refractivity contribution is 0.102. The van der Waals surface area contributed by atoms with Gasteiger partial charge in [-0.2, -0.15) is 9.40 Å². The number of ether oxygens (including phenoxy) is 1. The van der Waals surface area contributed by atoms with Gasteiger partial charge in [0.05, 0.1) is 18.9 Å². The molecule has 0 saturated carbocycles. The third kappa shape index (κ3) is 5.29. The molecule has 2 aromatic heterocycles. The van der Waals surface area contributed by atoms with E-state index >= 15 is 0 Å². The van der Waals surface area contributed by atoms with E-state index in [1.807, 2.05) is 32.3 Å². The van der Waals surface area contributed by atoms with Gasteiger partial charge < -0.3 is 15.0 Å². The molecule has 4 aromatic rings. The van der Waals surface area contributed by atoms with Gasteiger partial charge in [0.25, 0.3) is 5.91 Å². The summed E-state index contributed by atoms with van der Waals surface area (Å²) in [7, 11) is 3.18. The standard InChI is InChI=1S/C28H31FN6O4S/c1-33(2)22-9-11-35(12-10-22)40(37,38)25-14-19(7-8-24(25)29)27(36)32-26-15-21-13-18(5-6-20(21)16-30-26)23-17-31-34(3)28(23)39-4/h5-8,13-17,22H,9-12H2,1-4H3,(H,30,32,36). The number of hydrogen-bond donors (Lipinski definition) is 1. The molecule has 1 fully saturated rings. The lowest BCUT2D eigenvalue weighted by Crippen LogP contribution is -2.44. The second kappa shape index (κ2) is 11.0. The molecule has 1 amide bonds. The van der Waals surface area contributed by atoms with Crippen LogP contribution < -0.4 is 10.1 Å². The van der Waals surface area contributed by atoms with Crippen LogP contribution in [-0.4, -0.2) is 78.6 Å². The Morgan fingerprint density at radius 2 is 1.82 bits per heavy atom. The third-order valence-corrected chi connectivity index (χ3v) is 9.23. The zero-order chi connectivity index (χ0) is 28.6. The van der Waals surface area contributed by atoms with Gasteiger partial charge in [-0.1, -0.05) is 12.1 Å². The number of carbonyl (C=O) groups is 1. The Bertz CT molecular complexity index is 1680. The zero-order valence-electron chi connectivity index (χ0n) is 22.8. The Morgan fingerprint density at radius 3 is 2.52 bits per heavy atom. The number of pyridine rings is 1. The average molecular weight is 567 g/mol. The monoisotopic (exact) mass is 566 g/mol. The molecule has 12 heteroatoms. The number of fused-ring (bicyclic) bond motifs is 1. The van der Waals surface area contributed by atoms with Gasteiger partial charge >= 0.3 is 0 Å². The van der Waals surface area contributed by atoms with E-state index in [0.29, 0.717) is 18.7 Å². The van der Waals surface area contributed by atoms with Gasteiger partial charge in [-0.15, -0.1) is 0 Å². The molecule has 5 rings (SSSR count). The van der Waals surface area contributed by atoms with Gasteiger partial charge in [0, 0.05) is 43.3 Å². The van der Waals surface area contributed by atoms with E-state index in [-0.39, 0.29) is 30.5 Å². The van der Waals surface area contributed by atoms with Crippen molar-refractivity contribution < 1.29 is 22.3 Å². The number of hydrogen-bond acceptors (Lipinski definition) is 7. The number of carbonyl (C=O) groups excluding carboxylic acids is 1. The number of rotatable bonds is 7. The fraction of sp³-hybridized carbons (Fsp3) is 0.321. The maximum atomic E-state index is 14.8.